The highest BCUT2D eigenvalue weighted by Crippen LogP contribution is 2.19. The van der Waals surface area contributed by atoms with Crippen molar-refractivity contribution in [3.8, 4) is 0 Å². The van der Waals surface area contributed by atoms with E-state index in [4.69, 9.17) is 0 Å². The van der Waals surface area contributed by atoms with Crippen molar-refractivity contribution >= 4 is 22.4 Å². The minimum Gasteiger partial charge on any atom is -0.311 e. The number of carbonyl (C=O) groups is 1. The predicted octanol–water partition coefficient (Wildman–Crippen LogP) is 1.43. The van der Waals surface area contributed by atoms with Gasteiger partial charge in [-0.05, 0) is 18.7 Å². The van der Waals surface area contributed by atoms with Crippen LogP contribution in [0.3, 0.4) is 0 Å². The van der Waals surface area contributed by atoms with E-state index in [2.05, 4.69) is 20.8 Å². The van der Waals surface area contributed by atoms with Gasteiger partial charge in [0.05, 0.1) is 6.54 Å². The molecule has 1 amide bonds. The number of likely N-dealkylation sites (N-methyl/N-ethyl adjacent to an activating group) is 1. The zero-order chi connectivity index (χ0) is 13.7. The zero-order valence-corrected chi connectivity index (χ0v) is 11.1. The van der Waals surface area contributed by atoms with Crippen molar-refractivity contribution in [2.75, 3.05) is 18.9 Å². The molecular weight excluding hydrogens is 267 g/mol. The third kappa shape index (κ3) is 3.80. The molecule has 0 atom stereocenters. The molecule has 0 bridgehead atoms. The van der Waals surface area contributed by atoms with E-state index in [0.29, 0.717) is 22.1 Å². The fourth-order valence-corrected chi connectivity index (χ4v) is 2.28. The van der Waals surface area contributed by atoms with Crippen molar-refractivity contribution in [3.63, 3.8) is 0 Å². The lowest BCUT2D eigenvalue weighted by Gasteiger charge is -1.99. The third-order valence-corrected chi connectivity index (χ3v) is 3.19. The average molecular weight is 280 g/mol. The summed E-state index contributed by atoms with van der Waals surface area (Å²) in [6, 6.07) is 6.53. The molecule has 7 heteroatoms. The van der Waals surface area contributed by atoms with Gasteiger partial charge in [-0.2, -0.15) is 0 Å². The monoisotopic (exact) mass is 280 g/mol. The topological polar surface area (TPSA) is 66.9 Å². The van der Waals surface area contributed by atoms with Gasteiger partial charge < -0.3 is 5.32 Å². The van der Waals surface area contributed by atoms with Gasteiger partial charge in [0.25, 0.3) is 0 Å². The molecular formula is C12H13FN4OS. The van der Waals surface area contributed by atoms with Gasteiger partial charge >= 0.3 is 0 Å². The van der Waals surface area contributed by atoms with Crippen molar-refractivity contribution in [2.24, 2.45) is 0 Å². The molecule has 0 aliphatic carbocycles. The van der Waals surface area contributed by atoms with Gasteiger partial charge in [-0.25, -0.2) is 4.39 Å². The highest BCUT2D eigenvalue weighted by atomic mass is 32.1. The van der Waals surface area contributed by atoms with E-state index in [1.807, 2.05) is 0 Å². The summed E-state index contributed by atoms with van der Waals surface area (Å²) in [7, 11) is 1.68. The molecule has 0 spiro atoms. The number of hydrogen-bond donors (Lipinski definition) is 2. The lowest BCUT2D eigenvalue weighted by atomic mass is 10.1. The van der Waals surface area contributed by atoms with E-state index in [-0.39, 0.29) is 18.3 Å². The van der Waals surface area contributed by atoms with E-state index in [9.17, 15) is 9.18 Å². The van der Waals surface area contributed by atoms with Crippen molar-refractivity contribution in [1.29, 1.82) is 0 Å². The molecule has 2 rings (SSSR count). The quantitative estimate of drug-likeness (QED) is 0.869. The van der Waals surface area contributed by atoms with Crippen molar-refractivity contribution in [1.82, 2.24) is 15.5 Å². The molecule has 1 heterocycles. The Kier molecular flexibility index (Phi) is 4.53. The Labute approximate surface area is 113 Å². The summed E-state index contributed by atoms with van der Waals surface area (Å²) >= 11 is 1.24. The Morgan fingerprint density at radius 3 is 2.89 bits per heavy atom. The van der Waals surface area contributed by atoms with Crippen LogP contribution in [-0.4, -0.2) is 29.7 Å². The van der Waals surface area contributed by atoms with Crippen molar-refractivity contribution < 1.29 is 9.18 Å². The van der Waals surface area contributed by atoms with Gasteiger partial charge in [-0.15, -0.1) is 10.2 Å². The molecule has 1 aromatic carbocycles. The molecule has 0 saturated heterocycles. The first-order valence-corrected chi connectivity index (χ1v) is 6.51. The third-order valence-electron chi connectivity index (χ3n) is 2.35. The maximum Gasteiger partial charge on any atom is 0.240 e. The zero-order valence-electron chi connectivity index (χ0n) is 10.3. The highest BCUT2D eigenvalue weighted by Gasteiger charge is 2.09. The van der Waals surface area contributed by atoms with Crippen molar-refractivity contribution in [3.05, 3.63) is 40.7 Å². The molecule has 0 fully saturated rings. The Bertz CT molecular complexity index is 572. The molecule has 2 aromatic rings. The van der Waals surface area contributed by atoms with Crippen LogP contribution in [0.1, 0.15) is 10.6 Å². The lowest BCUT2D eigenvalue weighted by Crippen LogP contribution is -2.24. The molecule has 1 aromatic heterocycles. The Morgan fingerprint density at radius 2 is 2.16 bits per heavy atom. The number of aromatic nitrogens is 2. The molecule has 0 radical (unpaired) electrons. The van der Waals surface area contributed by atoms with Gasteiger partial charge in [-0.3, -0.25) is 10.1 Å². The summed E-state index contributed by atoms with van der Waals surface area (Å²) in [6.07, 6.45) is 0.367. The smallest absolute Gasteiger partial charge is 0.240 e. The minimum atomic E-state index is -0.265. The number of nitrogens with zero attached hydrogens (tertiary/aromatic N) is 2. The van der Waals surface area contributed by atoms with E-state index < -0.39 is 0 Å². The summed E-state index contributed by atoms with van der Waals surface area (Å²) in [5, 5.41) is 14.2. The summed E-state index contributed by atoms with van der Waals surface area (Å²) in [5.74, 6) is -0.449. The largest absolute Gasteiger partial charge is 0.311 e. The molecule has 0 saturated carbocycles. The van der Waals surface area contributed by atoms with Gasteiger partial charge in [0, 0.05) is 6.42 Å². The Balaban J connectivity index is 2.02. The molecule has 2 N–H and O–H groups in total. The fourth-order valence-electron chi connectivity index (χ4n) is 1.50. The summed E-state index contributed by atoms with van der Waals surface area (Å²) in [6.45, 7) is 0.211. The van der Waals surface area contributed by atoms with Crippen LogP contribution in [0.15, 0.2) is 24.3 Å². The van der Waals surface area contributed by atoms with E-state index >= 15 is 0 Å². The summed E-state index contributed by atoms with van der Waals surface area (Å²) < 4.78 is 13.5. The molecule has 100 valence electrons. The number of hydrogen-bond acceptors (Lipinski definition) is 5. The number of halogens is 1. The predicted molar refractivity (Wildman–Crippen MR) is 71.7 cm³/mol. The number of anilines is 1. The van der Waals surface area contributed by atoms with Crippen LogP contribution in [-0.2, 0) is 11.2 Å². The van der Waals surface area contributed by atoms with Gasteiger partial charge in [0.1, 0.15) is 10.8 Å². The molecule has 0 aliphatic rings. The number of carbonyl (C=O) groups excluding carboxylic acids is 1. The van der Waals surface area contributed by atoms with E-state index in [0.717, 1.165) is 0 Å². The van der Waals surface area contributed by atoms with Crippen LogP contribution in [0.5, 0.6) is 0 Å². The van der Waals surface area contributed by atoms with Crippen LogP contribution in [0.4, 0.5) is 9.52 Å². The lowest BCUT2D eigenvalue weighted by molar-refractivity contribution is -0.115. The van der Waals surface area contributed by atoms with Crippen LogP contribution in [0, 0.1) is 5.82 Å². The number of benzene rings is 1. The summed E-state index contributed by atoms with van der Waals surface area (Å²) in [5.41, 5.74) is 0.562. The Morgan fingerprint density at radius 1 is 1.37 bits per heavy atom. The normalized spacial score (nSPS) is 10.4. The molecule has 0 aliphatic heterocycles. The van der Waals surface area contributed by atoms with Gasteiger partial charge in [0.2, 0.25) is 11.0 Å². The second kappa shape index (κ2) is 6.35. The standard InChI is InChI=1S/C12H13FN4OS/c1-14-7-10(18)15-12-17-16-11(19-12)6-8-4-2-3-5-9(8)13/h2-5,14H,6-7H2,1H3,(H,15,17,18). The van der Waals surface area contributed by atoms with Gasteiger partial charge in [0.15, 0.2) is 0 Å². The number of amides is 1. The maximum absolute atomic E-state index is 13.5. The van der Waals surface area contributed by atoms with Crippen molar-refractivity contribution in [2.45, 2.75) is 6.42 Å². The van der Waals surface area contributed by atoms with Crippen LogP contribution in [0.2, 0.25) is 0 Å². The molecule has 19 heavy (non-hydrogen) atoms. The highest BCUT2D eigenvalue weighted by molar-refractivity contribution is 7.15. The maximum atomic E-state index is 13.5. The minimum absolute atomic E-state index is 0.184. The number of nitrogens with one attached hydrogen (secondary N) is 2. The average Bonchev–Trinajstić information content (AvgIpc) is 2.80. The first-order chi connectivity index (χ1) is 9.19. The second-order valence-corrected chi connectivity index (χ2v) is 4.91. The first-order valence-electron chi connectivity index (χ1n) is 5.69. The van der Waals surface area contributed by atoms with Gasteiger partial charge in [-0.1, -0.05) is 29.5 Å². The Hall–Kier alpha value is -1.86. The van der Waals surface area contributed by atoms with Crippen LogP contribution < -0.4 is 10.6 Å². The molecule has 5 nitrogen and oxygen atoms in total. The number of rotatable bonds is 5. The van der Waals surface area contributed by atoms with E-state index in [1.54, 1.807) is 25.2 Å². The van der Waals surface area contributed by atoms with Crippen LogP contribution >= 0.6 is 11.3 Å². The molecule has 0 unspecified atom stereocenters. The second-order valence-electron chi connectivity index (χ2n) is 3.85. The SMILES string of the molecule is CNCC(=O)Nc1nnc(Cc2ccccc2F)s1. The fraction of sp³-hybridized carbons (Fsp3) is 0.250. The van der Waals surface area contributed by atoms with E-state index in [1.165, 1.54) is 17.4 Å². The van der Waals surface area contributed by atoms with Crippen LogP contribution in [0.25, 0.3) is 0 Å². The summed E-state index contributed by atoms with van der Waals surface area (Å²) in [4.78, 5) is 11.3. The first kappa shape index (κ1) is 13.6.